The molecule has 0 aromatic carbocycles. The number of nitrogens with zero attached hydrogens (tertiary/aromatic N) is 2. The molecule has 21 heavy (non-hydrogen) atoms. The maximum Gasteiger partial charge on any atom is 0.271 e. The van der Waals surface area contributed by atoms with Crippen molar-refractivity contribution in [2.45, 2.75) is 19.8 Å². The van der Waals surface area contributed by atoms with Gasteiger partial charge < -0.3 is 15.6 Å². The van der Waals surface area contributed by atoms with Crippen LogP contribution >= 0.6 is 0 Å². The molecule has 0 aliphatic carbocycles. The summed E-state index contributed by atoms with van der Waals surface area (Å²) in [5, 5.41) is 13.5. The van der Waals surface area contributed by atoms with E-state index in [-0.39, 0.29) is 17.4 Å². The summed E-state index contributed by atoms with van der Waals surface area (Å²) in [4.78, 5) is 25.6. The van der Waals surface area contributed by atoms with Crippen LogP contribution in [0.2, 0.25) is 0 Å². The van der Waals surface area contributed by atoms with Gasteiger partial charge in [-0.15, -0.1) is 10.2 Å². The Balaban J connectivity index is 2.36. The molecule has 0 radical (unpaired) electrons. The Labute approximate surface area is 121 Å². The van der Waals surface area contributed by atoms with Crippen LogP contribution in [0.3, 0.4) is 0 Å². The van der Waals surface area contributed by atoms with Gasteiger partial charge in [-0.25, -0.2) is 0 Å². The summed E-state index contributed by atoms with van der Waals surface area (Å²) >= 11 is 0. The van der Waals surface area contributed by atoms with Crippen molar-refractivity contribution in [3.63, 3.8) is 0 Å². The second-order valence-electron chi connectivity index (χ2n) is 4.83. The summed E-state index contributed by atoms with van der Waals surface area (Å²) < 4.78 is 0. The molecule has 7 nitrogen and oxygen atoms in total. The zero-order chi connectivity index (χ0) is 15.4. The zero-order valence-corrected chi connectivity index (χ0v) is 12.1. The van der Waals surface area contributed by atoms with Crippen LogP contribution in [-0.4, -0.2) is 28.1 Å². The van der Waals surface area contributed by atoms with Gasteiger partial charge >= 0.3 is 0 Å². The van der Waals surface area contributed by atoms with Crippen molar-refractivity contribution in [2.75, 3.05) is 12.4 Å². The largest absolute Gasteiger partial charge is 0.354 e. The fourth-order valence-corrected chi connectivity index (χ4v) is 1.87. The van der Waals surface area contributed by atoms with Crippen LogP contribution in [0, 0.1) is 0 Å². The van der Waals surface area contributed by atoms with Crippen LogP contribution in [0.1, 0.15) is 35.8 Å². The number of hydrogen-bond acceptors (Lipinski definition) is 5. The van der Waals surface area contributed by atoms with E-state index < -0.39 is 0 Å². The second kappa shape index (κ2) is 6.17. The summed E-state index contributed by atoms with van der Waals surface area (Å²) in [6.07, 6.45) is 1.54. The highest BCUT2D eigenvalue weighted by Gasteiger charge is 2.16. The first-order valence-electron chi connectivity index (χ1n) is 6.56. The number of pyridine rings is 1. The quantitative estimate of drug-likeness (QED) is 0.789. The van der Waals surface area contributed by atoms with Crippen molar-refractivity contribution >= 4 is 17.4 Å². The molecule has 0 unspecified atom stereocenters. The molecular formula is C14H17N5O2. The number of H-pyrrole nitrogens is 1. The van der Waals surface area contributed by atoms with E-state index in [0.29, 0.717) is 17.2 Å². The Kier molecular flexibility index (Phi) is 4.32. The smallest absolute Gasteiger partial charge is 0.271 e. The highest BCUT2D eigenvalue weighted by Crippen LogP contribution is 2.21. The molecule has 0 saturated heterocycles. The van der Waals surface area contributed by atoms with Crippen LogP contribution in [0.4, 0.5) is 11.5 Å². The van der Waals surface area contributed by atoms with E-state index in [1.807, 2.05) is 13.8 Å². The van der Waals surface area contributed by atoms with Crippen LogP contribution < -0.4 is 16.2 Å². The van der Waals surface area contributed by atoms with Gasteiger partial charge in [-0.1, -0.05) is 13.8 Å². The molecule has 0 aliphatic heterocycles. The summed E-state index contributed by atoms with van der Waals surface area (Å²) in [7, 11) is 1.55. The van der Waals surface area contributed by atoms with Gasteiger partial charge in [-0.05, 0) is 23.6 Å². The number of nitrogens with one attached hydrogen (secondary N) is 3. The lowest BCUT2D eigenvalue weighted by molar-refractivity contribution is 0.0955. The van der Waals surface area contributed by atoms with Gasteiger partial charge in [0.05, 0.1) is 0 Å². The number of amides is 1. The van der Waals surface area contributed by atoms with E-state index in [1.54, 1.807) is 25.4 Å². The molecule has 0 spiro atoms. The van der Waals surface area contributed by atoms with Gasteiger partial charge in [0.1, 0.15) is 0 Å². The minimum atomic E-state index is -0.270. The molecule has 0 aliphatic rings. The number of aromatic nitrogens is 3. The van der Waals surface area contributed by atoms with E-state index >= 15 is 0 Å². The molecule has 2 heterocycles. The third-order valence-corrected chi connectivity index (χ3v) is 2.94. The van der Waals surface area contributed by atoms with E-state index in [0.717, 1.165) is 5.56 Å². The number of carbonyl (C=O) groups is 1. The van der Waals surface area contributed by atoms with Gasteiger partial charge in [0.15, 0.2) is 11.5 Å². The SMILES string of the molecule is CNC(=O)c1nnc(Nc2cc[nH]c(=O)c2)cc1C(C)C. The van der Waals surface area contributed by atoms with Crippen molar-refractivity contribution in [2.24, 2.45) is 0 Å². The number of rotatable bonds is 4. The third kappa shape index (κ3) is 3.44. The number of hydrogen-bond donors (Lipinski definition) is 3. The van der Waals surface area contributed by atoms with Gasteiger partial charge in [0.2, 0.25) is 5.56 Å². The Hall–Kier alpha value is -2.70. The van der Waals surface area contributed by atoms with Crippen molar-refractivity contribution in [1.82, 2.24) is 20.5 Å². The number of anilines is 2. The first-order chi connectivity index (χ1) is 10.0. The van der Waals surface area contributed by atoms with E-state index in [1.165, 1.54) is 6.07 Å². The van der Waals surface area contributed by atoms with Crippen LogP contribution in [-0.2, 0) is 0 Å². The summed E-state index contributed by atoms with van der Waals surface area (Å²) in [6, 6.07) is 4.90. The van der Waals surface area contributed by atoms with Gasteiger partial charge in [0, 0.05) is 25.0 Å². The number of carbonyl (C=O) groups excluding carboxylic acids is 1. The average Bonchev–Trinajstić information content (AvgIpc) is 2.46. The summed E-state index contributed by atoms with van der Waals surface area (Å²) in [6.45, 7) is 3.95. The fraction of sp³-hybridized carbons (Fsp3) is 0.286. The van der Waals surface area contributed by atoms with Crippen molar-refractivity contribution in [3.8, 4) is 0 Å². The lowest BCUT2D eigenvalue weighted by atomic mass is 10.0. The Morgan fingerprint density at radius 3 is 2.67 bits per heavy atom. The second-order valence-corrected chi connectivity index (χ2v) is 4.83. The summed E-state index contributed by atoms with van der Waals surface area (Å²) in [5.74, 6) is 0.332. The molecule has 0 atom stereocenters. The maximum absolute atomic E-state index is 11.8. The van der Waals surface area contributed by atoms with Gasteiger partial charge in [-0.3, -0.25) is 9.59 Å². The average molecular weight is 287 g/mol. The maximum atomic E-state index is 11.8. The molecule has 3 N–H and O–H groups in total. The highest BCUT2D eigenvalue weighted by molar-refractivity contribution is 5.93. The van der Waals surface area contributed by atoms with Crippen LogP contribution in [0.25, 0.3) is 0 Å². The van der Waals surface area contributed by atoms with E-state index in [4.69, 9.17) is 0 Å². The van der Waals surface area contributed by atoms with E-state index in [9.17, 15) is 9.59 Å². The normalized spacial score (nSPS) is 10.5. The molecule has 110 valence electrons. The summed E-state index contributed by atoms with van der Waals surface area (Å²) in [5.41, 5.74) is 1.50. The van der Waals surface area contributed by atoms with E-state index in [2.05, 4.69) is 25.8 Å². The monoisotopic (exact) mass is 287 g/mol. The lowest BCUT2D eigenvalue weighted by Gasteiger charge is -2.12. The lowest BCUT2D eigenvalue weighted by Crippen LogP contribution is -2.22. The predicted molar refractivity (Wildman–Crippen MR) is 79.9 cm³/mol. The molecule has 0 saturated carbocycles. The van der Waals surface area contributed by atoms with Crippen LogP contribution in [0.15, 0.2) is 29.2 Å². The molecule has 1 amide bonds. The standard InChI is InChI=1S/C14H17N5O2/c1-8(2)10-7-11(18-19-13(10)14(21)15-3)17-9-4-5-16-12(20)6-9/h4-8H,1-3H3,(H,15,21)(H2,16,17,18,20). The Bertz CT molecular complexity index is 709. The minimum absolute atomic E-state index is 0.118. The van der Waals surface area contributed by atoms with Crippen molar-refractivity contribution in [3.05, 3.63) is 46.0 Å². The third-order valence-electron chi connectivity index (χ3n) is 2.94. The molecule has 2 aromatic rings. The zero-order valence-electron chi connectivity index (χ0n) is 12.1. The number of aromatic amines is 1. The molecule has 2 aromatic heterocycles. The highest BCUT2D eigenvalue weighted by atomic mass is 16.1. The molecule has 0 bridgehead atoms. The molecule has 7 heteroatoms. The Morgan fingerprint density at radius 2 is 2.05 bits per heavy atom. The minimum Gasteiger partial charge on any atom is -0.354 e. The van der Waals surface area contributed by atoms with Crippen molar-refractivity contribution in [1.29, 1.82) is 0 Å². The topological polar surface area (TPSA) is 99.8 Å². The molecule has 0 fully saturated rings. The first kappa shape index (κ1) is 14.7. The van der Waals surface area contributed by atoms with Gasteiger partial charge in [0.25, 0.3) is 5.91 Å². The molecular weight excluding hydrogens is 270 g/mol. The van der Waals surface area contributed by atoms with Gasteiger partial charge in [-0.2, -0.15) is 0 Å². The first-order valence-corrected chi connectivity index (χ1v) is 6.56. The predicted octanol–water partition coefficient (Wildman–Crippen LogP) is 1.39. The fourth-order valence-electron chi connectivity index (χ4n) is 1.87. The Morgan fingerprint density at radius 1 is 1.29 bits per heavy atom. The molecule has 2 rings (SSSR count). The van der Waals surface area contributed by atoms with Crippen molar-refractivity contribution < 1.29 is 4.79 Å². The van der Waals surface area contributed by atoms with Crippen LogP contribution in [0.5, 0.6) is 0 Å².